The molecule has 8 nitrogen and oxygen atoms in total. The van der Waals surface area contributed by atoms with Crippen molar-refractivity contribution in [2.24, 2.45) is 7.05 Å². The Hall–Kier alpha value is -2.09. The first-order valence-corrected chi connectivity index (χ1v) is 7.58. The molecule has 1 aliphatic rings. The van der Waals surface area contributed by atoms with E-state index in [0.717, 1.165) is 30.3 Å². The maximum Gasteiger partial charge on any atom is 0.332 e. The lowest BCUT2D eigenvalue weighted by atomic mass is 10.3. The van der Waals surface area contributed by atoms with Crippen molar-refractivity contribution in [2.75, 3.05) is 6.61 Å². The van der Waals surface area contributed by atoms with E-state index in [-0.39, 0.29) is 24.8 Å². The van der Waals surface area contributed by atoms with Gasteiger partial charge < -0.3 is 9.94 Å². The van der Waals surface area contributed by atoms with Gasteiger partial charge in [-0.15, -0.1) is 0 Å². The number of hydrogen-bond donors (Lipinski definition) is 1. The highest BCUT2D eigenvalue weighted by molar-refractivity contribution is 5.69. The fourth-order valence-electron chi connectivity index (χ4n) is 2.91. The molecule has 0 unspecified atom stereocenters. The molecular formula is C14H20N4O4. The van der Waals surface area contributed by atoms with Gasteiger partial charge >= 0.3 is 5.69 Å². The fourth-order valence-corrected chi connectivity index (χ4v) is 2.91. The van der Waals surface area contributed by atoms with Gasteiger partial charge in [-0.3, -0.25) is 13.9 Å². The molecule has 0 aromatic carbocycles. The Morgan fingerprint density at radius 3 is 2.77 bits per heavy atom. The van der Waals surface area contributed by atoms with Crippen molar-refractivity contribution in [1.82, 2.24) is 18.8 Å². The lowest BCUT2D eigenvalue weighted by Crippen LogP contribution is -2.40. The molecule has 0 radical (unpaired) electrons. The van der Waals surface area contributed by atoms with Crippen molar-refractivity contribution in [2.45, 2.75) is 44.8 Å². The number of fused-ring (bicyclic) bond motifs is 1. The maximum absolute atomic E-state index is 12.6. The van der Waals surface area contributed by atoms with Gasteiger partial charge in [-0.05, 0) is 32.1 Å². The molecule has 1 saturated carbocycles. The van der Waals surface area contributed by atoms with E-state index in [1.165, 1.54) is 15.6 Å². The molecule has 0 spiro atoms. The highest BCUT2D eigenvalue weighted by Crippen LogP contribution is 2.19. The average Bonchev–Trinajstić information content (AvgIpc) is 3.15. The van der Waals surface area contributed by atoms with Gasteiger partial charge in [0.1, 0.15) is 12.4 Å². The molecule has 1 N–H and O–H groups in total. The summed E-state index contributed by atoms with van der Waals surface area (Å²) < 4.78 is 3.85. The summed E-state index contributed by atoms with van der Waals surface area (Å²) in [5.74, 6) is 0. The lowest BCUT2D eigenvalue weighted by molar-refractivity contribution is 0.0481. The summed E-state index contributed by atoms with van der Waals surface area (Å²) in [7, 11) is 1.58. The van der Waals surface area contributed by atoms with Gasteiger partial charge in [0.05, 0.1) is 0 Å². The van der Waals surface area contributed by atoms with Crippen LogP contribution in [0.4, 0.5) is 0 Å². The molecule has 0 atom stereocenters. The predicted molar refractivity (Wildman–Crippen MR) is 79.8 cm³/mol. The van der Waals surface area contributed by atoms with Crippen LogP contribution in [0.2, 0.25) is 0 Å². The topological polar surface area (TPSA) is 91.3 Å². The van der Waals surface area contributed by atoms with Gasteiger partial charge in [0.2, 0.25) is 0 Å². The van der Waals surface area contributed by atoms with Crippen LogP contribution in [0.5, 0.6) is 0 Å². The Morgan fingerprint density at radius 2 is 2.09 bits per heavy atom. The highest BCUT2D eigenvalue weighted by Gasteiger charge is 2.21. The number of aryl methyl sites for hydroxylation is 1. The van der Waals surface area contributed by atoms with Crippen molar-refractivity contribution in [1.29, 1.82) is 0 Å². The van der Waals surface area contributed by atoms with Crippen LogP contribution < -0.4 is 16.1 Å². The maximum atomic E-state index is 12.6. The van der Waals surface area contributed by atoms with Gasteiger partial charge in [0.15, 0.2) is 11.2 Å². The Labute approximate surface area is 126 Å². The molecule has 0 amide bonds. The van der Waals surface area contributed by atoms with Crippen molar-refractivity contribution < 1.29 is 9.94 Å². The van der Waals surface area contributed by atoms with Gasteiger partial charge in [-0.1, -0.05) is 0 Å². The molecule has 1 aliphatic carbocycles. The minimum absolute atomic E-state index is 0.0779. The number of hydrogen-bond acceptors (Lipinski definition) is 5. The van der Waals surface area contributed by atoms with Gasteiger partial charge in [0, 0.05) is 20.2 Å². The summed E-state index contributed by atoms with van der Waals surface area (Å²) in [4.78, 5) is 34.8. The van der Waals surface area contributed by atoms with Crippen LogP contribution in [0, 0.1) is 0 Å². The van der Waals surface area contributed by atoms with Crippen LogP contribution in [0.1, 0.15) is 32.1 Å². The standard InChI is InChI=1S/C14H20N4O4/c1-16-12-11(13(20)17(14(16)21)7-4-8-19)18(9-15-12)22-10-5-2-3-6-10/h9-10,19H,2-8H2,1H3. The van der Waals surface area contributed by atoms with Crippen LogP contribution in [0.25, 0.3) is 11.2 Å². The number of aromatic nitrogens is 4. The van der Waals surface area contributed by atoms with Crippen molar-refractivity contribution >= 4 is 11.2 Å². The third-order valence-corrected chi connectivity index (χ3v) is 4.11. The molecule has 2 aromatic rings. The molecular weight excluding hydrogens is 288 g/mol. The minimum Gasteiger partial charge on any atom is -0.409 e. The SMILES string of the molecule is Cn1c(=O)n(CCCO)c(=O)c2c1ncn2OC1CCCC1. The van der Waals surface area contributed by atoms with E-state index >= 15 is 0 Å². The summed E-state index contributed by atoms with van der Waals surface area (Å²) in [5, 5.41) is 8.93. The summed E-state index contributed by atoms with van der Waals surface area (Å²) in [6.45, 7) is 0.0953. The molecule has 22 heavy (non-hydrogen) atoms. The second-order valence-electron chi connectivity index (χ2n) is 5.63. The second-order valence-corrected chi connectivity index (χ2v) is 5.63. The molecule has 0 bridgehead atoms. The van der Waals surface area contributed by atoms with Crippen molar-refractivity contribution in [3.63, 3.8) is 0 Å². The molecule has 8 heteroatoms. The Balaban J connectivity index is 2.10. The Bertz CT molecular complexity index is 782. The lowest BCUT2D eigenvalue weighted by Gasteiger charge is -2.14. The first-order valence-electron chi connectivity index (χ1n) is 7.58. The summed E-state index contributed by atoms with van der Waals surface area (Å²) in [6, 6.07) is 0. The van der Waals surface area contributed by atoms with Crippen molar-refractivity contribution in [3.05, 3.63) is 27.2 Å². The zero-order valence-corrected chi connectivity index (χ0v) is 12.6. The molecule has 3 rings (SSSR count). The Morgan fingerprint density at radius 1 is 1.36 bits per heavy atom. The van der Waals surface area contributed by atoms with E-state index in [1.54, 1.807) is 7.05 Å². The molecule has 2 heterocycles. The Kier molecular flexibility index (Phi) is 4.02. The first-order chi connectivity index (χ1) is 10.6. The molecule has 2 aromatic heterocycles. The van der Waals surface area contributed by atoms with Crippen LogP contribution in [-0.2, 0) is 13.6 Å². The largest absolute Gasteiger partial charge is 0.409 e. The van der Waals surface area contributed by atoms with Crippen LogP contribution in [0.15, 0.2) is 15.9 Å². The smallest absolute Gasteiger partial charge is 0.332 e. The normalized spacial score (nSPS) is 15.7. The molecule has 1 fully saturated rings. The average molecular weight is 308 g/mol. The van der Waals surface area contributed by atoms with E-state index in [2.05, 4.69) is 4.98 Å². The van der Waals surface area contributed by atoms with Crippen molar-refractivity contribution in [3.8, 4) is 0 Å². The van der Waals surface area contributed by atoms with Crippen LogP contribution in [-0.4, -0.2) is 36.7 Å². The van der Waals surface area contributed by atoms with Gasteiger partial charge in [-0.2, -0.15) is 4.73 Å². The summed E-state index contributed by atoms with van der Waals surface area (Å²) in [5.41, 5.74) is -0.278. The van der Waals surface area contributed by atoms with E-state index in [9.17, 15) is 9.59 Å². The van der Waals surface area contributed by atoms with E-state index < -0.39 is 11.2 Å². The molecule has 120 valence electrons. The number of rotatable bonds is 5. The minimum atomic E-state index is -0.433. The third kappa shape index (κ3) is 2.43. The number of aliphatic hydroxyl groups excluding tert-OH is 1. The quantitative estimate of drug-likeness (QED) is 0.815. The summed E-state index contributed by atoms with van der Waals surface area (Å²) >= 11 is 0. The van der Waals surface area contributed by atoms with Crippen LogP contribution >= 0.6 is 0 Å². The predicted octanol–water partition coefficient (Wildman–Crippen LogP) is -0.350. The molecule has 0 saturated heterocycles. The zero-order chi connectivity index (χ0) is 15.7. The fraction of sp³-hybridized carbons (Fsp3) is 0.643. The number of aliphatic hydroxyl groups is 1. The van der Waals surface area contributed by atoms with E-state index in [4.69, 9.17) is 9.94 Å². The second kappa shape index (κ2) is 5.96. The monoisotopic (exact) mass is 308 g/mol. The molecule has 0 aliphatic heterocycles. The van der Waals surface area contributed by atoms with Crippen LogP contribution in [0.3, 0.4) is 0 Å². The summed E-state index contributed by atoms with van der Waals surface area (Å²) in [6.07, 6.45) is 6.04. The number of imidazole rings is 1. The van der Waals surface area contributed by atoms with Gasteiger partial charge in [0.25, 0.3) is 5.56 Å². The highest BCUT2D eigenvalue weighted by atomic mass is 16.7. The van der Waals surface area contributed by atoms with E-state index in [0.29, 0.717) is 12.1 Å². The van der Waals surface area contributed by atoms with Gasteiger partial charge in [-0.25, -0.2) is 9.78 Å². The number of nitrogens with zero attached hydrogens (tertiary/aromatic N) is 4. The zero-order valence-electron chi connectivity index (χ0n) is 12.6. The first kappa shape index (κ1) is 14.8. The van der Waals surface area contributed by atoms with E-state index in [1.807, 2.05) is 0 Å². The third-order valence-electron chi connectivity index (χ3n) is 4.11.